The van der Waals surface area contributed by atoms with Crippen LogP contribution in [-0.4, -0.2) is 35.5 Å². The van der Waals surface area contributed by atoms with Crippen LogP contribution < -0.4 is 0 Å². The number of piperidine rings is 3. The van der Waals surface area contributed by atoms with Gasteiger partial charge in [0.1, 0.15) is 6.10 Å². The third-order valence-corrected chi connectivity index (χ3v) is 7.04. The van der Waals surface area contributed by atoms with Crippen LogP contribution in [0.4, 0.5) is 25.2 Å². The number of hydrogen-bond donors (Lipinski definition) is 0. The molecule has 3 aliphatic heterocycles. The molecular weight excluding hydrogens is 517 g/mol. The summed E-state index contributed by atoms with van der Waals surface area (Å²) in [5.74, 6) is 1.31. The van der Waals surface area contributed by atoms with Crippen LogP contribution in [-0.2, 0) is 4.74 Å². The van der Waals surface area contributed by atoms with Gasteiger partial charge in [0.05, 0.1) is 11.1 Å². The summed E-state index contributed by atoms with van der Waals surface area (Å²) in [5.41, 5.74) is 2.64. The van der Waals surface area contributed by atoms with Crippen molar-refractivity contribution in [2.75, 3.05) is 19.6 Å². The van der Waals surface area contributed by atoms with Gasteiger partial charge in [-0.15, -0.1) is 0 Å². The van der Waals surface area contributed by atoms with E-state index in [4.69, 9.17) is 4.74 Å². The van der Waals surface area contributed by atoms with E-state index in [1.54, 1.807) is 0 Å². The summed E-state index contributed by atoms with van der Waals surface area (Å²) in [6, 6.07) is 19.6. The maximum absolute atomic E-state index is 13.1. The topological polar surface area (TPSA) is 42.4 Å². The number of ether oxygens (including phenoxy) is 1. The van der Waals surface area contributed by atoms with E-state index in [1.165, 1.54) is 19.4 Å². The number of halogens is 6. The van der Waals surface area contributed by atoms with Gasteiger partial charge in [0.15, 0.2) is 0 Å². The summed E-state index contributed by atoms with van der Waals surface area (Å²) in [4.78, 5) is 20.2. The number of para-hydroxylation sites is 1. The number of nitrogens with zero attached hydrogens (tertiary/aromatic N) is 2. The fraction of sp³-hybridized carbons (Fsp3) is 0.385. The average molecular weight is 545 g/mol. The molecule has 3 aliphatic rings. The molecule has 6 rings (SSSR count). The molecule has 3 aromatic rings. The van der Waals surface area contributed by atoms with Crippen molar-refractivity contribution in [3.8, 4) is 0 Å². The molecule has 0 amide bonds. The zero-order chi connectivity index (χ0) is 26.9. The van der Waals surface area contributed by atoms with E-state index in [9.17, 15) is 30.0 Å². The average Bonchev–Trinajstić information content (AvgIpc) is 2.85. The maximum atomic E-state index is 13.1. The van der Waals surface area contributed by atoms with E-state index in [1.807, 2.05) is 60.8 Å². The monoisotopic (exact) mass is 545 g/mol. The molecule has 3 fully saturated rings. The Morgan fingerprint density at radius 2 is 1.65 bits per heavy atom. The normalized spacial score (nSPS) is 25.8. The van der Waals surface area contributed by atoms with Gasteiger partial charge >= 0.3 is 39.0 Å². The molecule has 0 saturated carbocycles. The van der Waals surface area contributed by atoms with Crippen molar-refractivity contribution in [1.82, 2.24) is 9.88 Å². The van der Waals surface area contributed by atoms with Crippen LogP contribution in [0.1, 0.15) is 41.8 Å². The Hall–Kier alpha value is -2.71. The number of esters is 1. The molecule has 5 atom stereocenters. The Morgan fingerprint density at radius 3 is 2.30 bits per heavy atom. The first-order chi connectivity index (χ1) is 17.2. The molecule has 4 nitrogen and oxygen atoms in total. The van der Waals surface area contributed by atoms with Gasteiger partial charge in [0.25, 0.3) is 0 Å². The Balaban J connectivity index is 0.000000405. The fourth-order valence-corrected chi connectivity index (χ4v) is 5.55. The van der Waals surface area contributed by atoms with Crippen molar-refractivity contribution in [2.45, 2.75) is 25.9 Å². The van der Waals surface area contributed by atoms with E-state index >= 15 is 0 Å². The molecule has 11 heteroatoms. The molecule has 2 bridgehead atoms. The van der Waals surface area contributed by atoms with Gasteiger partial charge in [-0.1, -0.05) is 49.7 Å². The SMILES string of the molecule is CC[C@H]1CN2CC[C@@H]1[C@H]([C@@H](OC(=O)c1ccccc1)c1ccnc3ccccc13)C2.F[P-](F)(F)(F)(F)F. The number of carbonyl (C=O) groups is 1. The van der Waals surface area contributed by atoms with Gasteiger partial charge in [-0.05, 0) is 49.1 Å². The van der Waals surface area contributed by atoms with Crippen molar-refractivity contribution < 1.29 is 34.7 Å². The molecule has 4 heterocycles. The van der Waals surface area contributed by atoms with Crippen molar-refractivity contribution in [3.05, 3.63) is 78.0 Å². The van der Waals surface area contributed by atoms with Crippen LogP contribution in [0.25, 0.3) is 10.9 Å². The van der Waals surface area contributed by atoms with E-state index < -0.39 is 7.81 Å². The molecular formula is C26H28F6N2O2P-. The quantitative estimate of drug-likeness (QED) is 0.183. The van der Waals surface area contributed by atoms with E-state index in [2.05, 4.69) is 22.9 Å². The first-order valence-electron chi connectivity index (χ1n) is 12.1. The molecule has 0 spiro atoms. The molecule has 0 aliphatic carbocycles. The summed E-state index contributed by atoms with van der Waals surface area (Å²) < 4.78 is 65.5. The predicted octanol–water partition coefficient (Wildman–Crippen LogP) is 8.49. The summed E-state index contributed by atoms with van der Waals surface area (Å²) >= 11 is 0. The molecule has 3 saturated heterocycles. The van der Waals surface area contributed by atoms with E-state index in [0.29, 0.717) is 23.3 Å². The third-order valence-electron chi connectivity index (χ3n) is 7.04. The number of hydrogen-bond acceptors (Lipinski definition) is 4. The van der Waals surface area contributed by atoms with E-state index in [-0.39, 0.29) is 12.1 Å². The van der Waals surface area contributed by atoms with Crippen LogP contribution in [0.15, 0.2) is 66.9 Å². The molecule has 0 N–H and O–H groups in total. The van der Waals surface area contributed by atoms with Gasteiger partial charge < -0.3 is 9.64 Å². The Bertz CT molecular complexity index is 1240. The first-order valence-corrected chi connectivity index (χ1v) is 14.1. The Labute approximate surface area is 210 Å². The van der Waals surface area contributed by atoms with Gasteiger partial charge in [0.2, 0.25) is 0 Å². The van der Waals surface area contributed by atoms with Gasteiger partial charge in [-0.25, -0.2) is 4.79 Å². The van der Waals surface area contributed by atoms with Crippen LogP contribution in [0.3, 0.4) is 0 Å². The summed E-state index contributed by atoms with van der Waals surface area (Å²) in [6.07, 6.45) is 3.94. The van der Waals surface area contributed by atoms with Gasteiger partial charge in [-0.2, -0.15) is 0 Å². The van der Waals surface area contributed by atoms with Crippen molar-refractivity contribution in [2.24, 2.45) is 17.8 Å². The fourth-order valence-electron chi connectivity index (χ4n) is 5.55. The van der Waals surface area contributed by atoms with Crippen molar-refractivity contribution in [3.63, 3.8) is 0 Å². The zero-order valence-electron chi connectivity index (χ0n) is 20.1. The molecule has 0 radical (unpaired) electrons. The minimum atomic E-state index is -10.7. The first kappa shape index (κ1) is 27.3. The van der Waals surface area contributed by atoms with Crippen molar-refractivity contribution >= 4 is 24.7 Å². The van der Waals surface area contributed by atoms with Crippen molar-refractivity contribution in [1.29, 1.82) is 0 Å². The van der Waals surface area contributed by atoms with Gasteiger partial charge in [-0.3, -0.25) is 4.98 Å². The van der Waals surface area contributed by atoms with Gasteiger partial charge in [0, 0.05) is 36.2 Å². The van der Waals surface area contributed by atoms with Crippen LogP contribution in [0.5, 0.6) is 0 Å². The third kappa shape index (κ3) is 7.65. The van der Waals surface area contributed by atoms with Crippen LogP contribution >= 0.6 is 7.81 Å². The van der Waals surface area contributed by atoms with E-state index in [0.717, 1.165) is 29.6 Å². The Kier molecular flexibility index (Phi) is 7.05. The molecule has 1 unspecified atom stereocenters. The second kappa shape index (κ2) is 9.55. The zero-order valence-corrected chi connectivity index (χ0v) is 21.0. The number of pyridine rings is 1. The number of fused-ring (bicyclic) bond motifs is 4. The number of rotatable bonds is 5. The Morgan fingerprint density at radius 1 is 1.00 bits per heavy atom. The second-order valence-corrected chi connectivity index (χ2v) is 11.5. The molecule has 1 aromatic heterocycles. The summed E-state index contributed by atoms with van der Waals surface area (Å²) in [5, 5.41) is 1.08. The number of carbonyl (C=O) groups excluding carboxylic acids is 1. The summed E-state index contributed by atoms with van der Waals surface area (Å²) in [7, 11) is -10.7. The minimum absolute atomic E-state index is 0.244. The summed E-state index contributed by atoms with van der Waals surface area (Å²) in [6.45, 7) is 5.61. The predicted molar refractivity (Wildman–Crippen MR) is 132 cm³/mol. The van der Waals surface area contributed by atoms with Crippen LogP contribution in [0.2, 0.25) is 0 Å². The van der Waals surface area contributed by atoms with Crippen LogP contribution in [0, 0.1) is 17.8 Å². The second-order valence-electron chi connectivity index (χ2n) is 9.61. The molecule has 202 valence electrons. The molecule has 2 aromatic carbocycles. The molecule has 37 heavy (non-hydrogen) atoms. The number of aromatic nitrogens is 1. The number of benzene rings is 2. The standard InChI is InChI=1S/C26H28N2O2.F6P/c1-2-18-16-28-15-13-20(18)23(17-28)25(30-26(29)19-8-4-3-5-9-19)22-12-14-27-24-11-7-6-10-21(22)24;1-7(2,3,4,5)6/h3-12,14,18,20,23,25H,2,13,15-17H2,1H3;/q;-1/t18-,20-,23+,25-;/m0./s1.